The molecule has 0 saturated carbocycles. The first-order valence-corrected chi connectivity index (χ1v) is 4.87. The minimum Gasteiger partial charge on any atom is -0.480 e. The van der Waals surface area contributed by atoms with E-state index in [1.54, 1.807) is 0 Å². The van der Waals surface area contributed by atoms with E-state index in [0.717, 1.165) is 12.8 Å². The molecule has 1 atom stereocenters. The van der Waals surface area contributed by atoms with Gasteiger partial charge in [0.15, 0.2) is 0 Å². The van der Waals surface area contributed by atoms with Crippen LogP contribution in [0, 0.1) is 5.92 Å². The summed E-state index contributed by atoms with van der Waals surface area (Å²) in [5.74, 6) is -0.880. The van der Waals surface area contributed by atoms with Crippen LogP contribution in [0.1, 0.15) is 12.8 Å². The fourth-order valence-electron chi connectivity index (χ4n) is 1.69. The summed E-state index contributed by atoms with van der Waals surface area (Å²) in [5.41, 5.74) is 0. The van der Waals surface area contributed by atoms with Crippen molar-refractivity contribution < 1.29 is 24.5 Å². The number of carboxylic acids is 1. The molecule has 0 aromatic heterocycles. The Morgan fingerprint density at radius 3 is 2.73 bits per heavy atom. The first-order valence-electron chi connectivity index (χ1n) is 4.87. The van der Waals surface area contributed by atoms with Crippen LogP contribution in [-0.2, 0) is 9.53 Å². The van der Waals surface area contributed by atoms with Crippen LogP contribution in [0.2, 0.25) is 0 Å². The smallest absolute Gasteiger partial charge is 0.407 e. The largest absolute Gasteiger partial charge is 0.480 e. The van der Waals surface area contributed by atoms with Crippen LogP contribution in [0.25, 0.3) is 0 Å². The van der Waals surface area contributed by atoms with Crippen molar-refractivity contribution in [2.45, 2.75) is 12.8 Å². The zero-order chi connectivity index (χ0) is 11.3. The van der Waals surface area contributed by atoms with Crippen molar-refractivity contribution in [3.8, 4) is 0 Å². The predicted octanol–water partition coefficient (Wildman–Crippen LogP) is 0.478. The van der Waals surface area contributed by atoms with Gasteiger partial charge in [0.25, 0.3) is 0 Å². The summed E-state index contributed by atoms with van der Waals surface area (Å²) in [4.78, 5) is 22.2. The average Bonchev–Trinajstić information content (AvgIpc) is 2.17. The number of hydrogen-bond acceptors (Lipinski definition) is 3. The maximum Gasteiger partial charge on any atom is 0.407 e. The Labute approximate surface area is 87.4 Å². The van der Waals surface area contributed by atoms with E-state index in [-0.39, 0.29) is 12.5 Å². The molecule has 1 rings (SSSR count). The number of piperidine rings is 1. The van der Waals surface area contributed by atoms with Gasteiger partial charge in [0, 0.05) is 19.0 Å². The average molecular weight is 217 g/mol. The third-order valence-electron chi connectivity index (χ3n) is 2.37. The number of rotatable bonds is 4. The lowest BCUT2D eigenvalue weighted by Gasteiger charge is -2.30. The molecule has 0 spiro atoms. The van der Waals surface area contributed by atoms with Crippen LogP contribution in [0.3, 0.4) is 0 Å². The minimum absolute atomic E-state index is 0.120. The topological polar surface area (TPSA) is 87.1 Å². The second kappa shape index (κ2) is 5.55. The molecule has 2 N–H and O–H groups in total. The zero-order valence-electron chi connectivity index (χ0n) is 8.39. The Morgan fingerprint density at radius 2 is 2.13 bits per heavy atom. The van der Waals surface area contributed by atoms with Gasteiger partial charge in [0.1, 0.15) is 6.61 Å². The quantitative estimate of drug-likeness (QED) is 0.715. The van der Waals surface area contributed by atoms with Gasteiger partial charge in [-0.2, -0.15) is 0 Å². The summed E-state index contributed by atoms with van der Waals surface area (Å²) < 4.78 is 4.94. The standard InChI is InChI=1S/C9H15NO5/c11-8(12)6-15-5-7-2-1-3-10(4-7)9(13)14/h7H,1-6H2,(H,11,12)(H,13,14). The summed E-state index contributed by atoms with van der Waals surface area (Å²) in [7, 11) is 0. The van der Waals surface area contributed by atoms with Crippen molar-refractivity contribution in [2.24, 2.45) is 5.92 Å². The van der Waals surface area contributed by atoms with Crippen molar-refractivity contribution in [1.29, 1.82) is 0 Å². The predicted molar refractivity (Wildman–Crippen MR) is 50.8 cm³/mol. The molecule has 1 unspecified atom stereocenters. The Kier molecular flexibility index (Phi) is 4.36. The SMILES string of the molecule is O=C(O)COCC1CCCN(C(=O)O)C1. The third kappa shape index (κ3) is 4.16. The highest BCUT2D eigenvalue weighted by atomic mass is 16.5. The molecular weight excluding hydrogens is 202 g/mol. The van der Waals surface area contributed by atoms with Gasteiger partial charge in [-0.25, -0.2) is 9.59 Å². The van der Waals surface area contributed by atoms with Gasteiger partial charge in [-0.1, -0.05) is 0 Å². The number of aliphatic carboxylic acids is 1. The van der Waals surface area contributed by atoms with Crippen LogP contribution in [-0.4, -0.2) is 53.5 Å². The van der Waals surface area contributed by atoms with Gasteiger partial charge in [-0.05, 0) is 12.8 Å². The highest BCUT2D eigenvalue weighted by Gasteiger charge is 2.23. The molecule has 0 radical (unpaired) electrons. The molecule has 6 nitrogen and oxygen atoms in total. The van der Waals surface area contributed by atoms with Gasteiger partial charge in [-0.3, -0.25) is 0 Å². The lowest BCUT2D eigenvalue weighted by atomic mass is 9.99. The Bertz CT molecular complexity index is 243. The molecule has 0 aromatic rings. The Hall–Kier alpha value is -1.30. The molecule has 1 fully saturated rings. The third-order valence-corrected chi connectivity index (χ3v) is 2.37. The highest BCUT2D eigenvalue weighted by Crippen LogP contribution is 2.16. The lowest BCUT2D eigenvalue weighted by molar-refractivity contribution is -0.142. The maximum atomic E-state index is 10.7. The number of carboxylic acid groups (broad SMARTS) is 2. The summed E-state index contributed by atoms with van der Waals surface area (Å²) in [5, 5.41) is 17.1. The highest BCUT2D eigenvalue weighted by molar-refractivity contribution is 5.68. The van der Waals surface area contributed by atoms with Gasteiger partial charge in [0.2, 0.25) is 0 Å². The maximum absolute atomic E-state index is 10.7. The van der Waals surface area contributed by atoms with Crippen LogP contribution in [0.5, 0.6) is 0 Å². The van der Waals surface area contributed by atoms with Crippen LogP contribution < -0.4 is 0 Å². The molecule has 1 saturated heterocycles. The van der Waals surface area contributed by atoms with Gasteiger partial charge < -0.3 is 19.8 Å². The Morgan fingerprint density at radius 1 is 1.40 bits per heavy atom. The summed E-state index contributed by atoms with van der Waals surface area (Å²) in [6, 6.07) is 0. The van der Waals surface area contributed by atoms with E-state index in [2.05, 4.69) is 0 Å². The van der Waals surface area contributed by atoms with E-state index >= 15 is 0 Å². The minimum atomic E-state index is -0.999. The van der Waals surface area contributed by atoms with Crippen LogP contribution >= 0.6 is 0 Å². The normalized spacial score (nSPS) is 21.3. The van der Waals surface area contributed by atoms with E-state index in [9.17, 15) is 9.59 Å². The molecule has 1 aliphatic heterocycles. The van der Waals surface area contributed by atoms with Crippen molar-refractivity contribution >= 4 is 12.1 Å². The molecule has 1 heterocycles. The number of likely N-dealkylation sites (tertiary alicyclic amines) is 1. The lowest BCUT2D eigenvalue weighted by Crippen LogP contribution is -2.40. The van der Waals surface area contributed by atoms with Crippen LogP contribution in [0.15, 0.2) is 0 Å². The molecule has 0 bridgehead atoms. The summed E-state index contributed by atoms with van der Waals surface area (Å²) in [6.07, 6.45) is 0.787. The van der Waals surface area contributed by atoms with E-state index < -0.39 is 12.1 Å². The monoisotopic (exact) mass is 217 g/mol. The molecule has 15 heavy (non-hydrogen) atoms. The van der Waals surface area contributed by atoms with Crippen molar-refractivity contribution in [3.05, 3.63) is 0 Å². The number of ether oxygens (including phenoxy) is 1. The summed E-state index contributed by atoms with van der Waals surface area (Å²) in [6.45, 7) is 0.999. The first kappa shape index (κ1) is 11.8. The van der Waals surface area contributed by atoms with Crippen LogP contribution in [0.4, 0.5) is 4.79 Å². The zero-order valence-corrected chi connectivity index (χ0v) is 8.39. The summed E-state index contributed by atoms with van der Waals surface area (Å²) >= 11 is 0. The second-order valence-corrected chi connectivity index (χ2v) is 3.65. The van der Waals surface area contributed by atoms with Crippen molar-refractivity contribution in [3.63, 3.8) is 0 Å². The molecule has 1 aliphatic rings. The molecular formula is C9H15NO5. The fraction of sp³-hybridized carbons (Fsp3) is 0.778. The van der Waals surface area contributed by atoms with Gasteiger partial charge >= 0.3 is 12.1 Å². The molecule has 0 aromatic carbocycles. The first-order chi connectivity index (χ1) is 7.09. The van der Waals surface area contributed by atoms with Gasteiger partial charge in [0.05, 0.1) is 6.61 Å². The molecule has 0 aliphatic carbocycles. The van der Waals surface area contributed by atoms with E-state index in [1.807, 2.05) is 0 Å². The molecule has 6 heteroatoms. The molecule has 86 valence electrons. The van der Waals surface area contributed by atoms with E-state index in [1.165, 1.54) is 4.90 Å². The fourth-order valence-corrected chi connectivity index (χ4v) is 1.69. The second-order valence-electron chi connectivity index (χ2n) is 3.65. The van der Waals surface area contributed by atoms with Crippen molar-refractivity contribution in [1.82, 2.24) is 4.90 Å². The number of nitrogens with zero attached hydrogens (tertiary/aromatic N) is 1. The number of carbonyl (C=O) groups is 2. The number of hydrogen-bond donors (Lipinski definition) is 2. The Balaban J connectivity index is 2.24. The number of amides is 1. The van der Waals surface area contributed by atoms with Gasteiger partial charge in [-0.15, -0.1) is 0 Å². The van der Waals surface area contributed by atoms with E-state index in [0.29, 0.717) is 19.7 Å². The van der Waals surface area contributed by atoms with Crippen molar-refractivity contribution in [2.75, 3.05) is 26.3 Å². The molecule has 1 amide bonds. The van der Waals surface area contributed by atoms with E-state index in [4.69, 9.17) is 14.9 Å².